The van der Waals surface area contributed by atoms with Gasteiger partial charge in [-0.1, -0.05) is 6.92 Å². The van der Waals surface area contributed by atoms with Crippen LogP contribution in [0.4, 0.5) is 0 Å². The number of aryl methyl sites for hydroxylation is 1. The van der Waals surface area contributed by atoms with Crippen LogP contribution < -0.4 is 16.0 Å². The highest BCUT2D eigenvalue weighted by atomic mass is 32.2. The van der Waals surface area contributed by atoms with Crippen molar-refractivity contribution in [3.05, 3.63) is 11.9 Å². The Morgan fingerprint density at radius 1 is 1.63 bits per heavy atom. The molecule has 2 rings (SSSR count). The first-order valence-electron chi connectivity index (χ1n) is 6.57. The fraction of sp³-hybridized carbons (Fsp3) is 0.750. The summed E-state index contributed by atoms with van der Waals surface area (Å²) in [6, 6.07) is 0.0850. The van der Waals surface area contributed by atoms with Gasteiger partial charge in [0.25, 0.3) is 0 Å². The lowest BCUT2D eigenvalue weighted by atomic mass is 10.1. The molecular formula is C12H22N4OS2. The highest BCUT2D eigenvalue weighted by Crippen LogP contribution is 2.36. The summed E-state index contributed by atoms with van der Waals surface area (Å²) in [7, 11) is 1.69. The summed E-state index contributed by atoms with van der Waals surface area (Å²) in [4.78, 5) is 0. The Labute approximate surface area is 123 Å². The number of thioether (sulfide) groups is 2. The van der Waals surface area contributed by atoms with Gasteiger partial charge in [0.1, 0.15) is 0 Å². The highest BCUT2D eigenvalue weighted by molar-refractivity contribution is 8.06. The Bertz CT molecular complexity index is 393. The summed E-state index contributed by atoms with van der Waals surface area (Å²) in [5, 5.41) is 4.88. The van der Waals surface area contributed by atoms with Gasteiger partial charge in [-0.2, -0.15) is 28.6 Å². The molecule has 1 aliphatic rings. The number of aromatic nitrogens is 2. The SMILES string of the molecule is CCCn1ncc(OC)c1C(NN)C1CSCCS1. The maximum atomic E-state index is 5.81. The Morgan fingerprint density at radius 2 is 2.47 bits per heavy atom. The molecule has 1 fully saturated rings. The number of ether oxygens (including phenoxy) is 1. The number of hydrogen-bond donors (Lipinski definition) is 2. The molecule has 0 spiro atoms. The fourth-order valence-electron chi connectivity index (χ4n) is 2.30. The van der Waals surface area contributed by atoms with Gasteiger partial charge in [-0.05, 0) is 6.42 Å². The lowest BCUT2D eigenvalue weighted by molar-refractivity contribution is 0.390. The average Bonchev–Trinajstić information content (AvgIpc) is 2.85. The molecule has 1 saturated heterocycles. The minimum Gasteiger partial charge on any atom is -0.493 e. The molecule has 2 atom stereocenters. The Hall–Kier alpha value is -0.370. The highest BCUT2D eigenvalue weighted by Gasteiger charge is 2.30. The second kappa shape index (κ2) is 7.42. The van der Waals surface area contributed by atoms with Crippen LogP contribution in [0.15, 0.2) is 6.20 Å². The zero-order chi connectivity index (χ0) is 13.7. The van der Waals surface area contributed by atoms with Gasteiger partial charge in [-0.25, -0.2) is 0 Å². The lowest BCUT2D eigenvalue weighted by Crippen LogP contribution is -2.39. The Balaban J connectivity index is 2.26. The zero-order valence-electron chi connectivity index (χ0n) is 11.5. The summed E-state index contributed by atoms with van der Waals surface area (Å²) in [5.74, 6) is 10.2. The third-order valence-electron chi connectivity index (χ3n) is 3.19. The van der Waals surface area contributed by atoms with Crippen molar-refractivity contribution >= 4 is 23.5 Å². The van der Waals surface area contributed by atoms with Gasteiger partial charge in [-0.15, -0.1) is 0 Å². The van der Waals surface area contributed by atoms with Crippen molar-refractivity contribution in [1.29, 1.82) is 0 Å². The standard InChI is InChI=1S/C12H22N4OS2/c1-3-4-16-12(9(17-2)7-14-16)11(15-13)10-8-18-5-6-19-10/h7,10-11,15H,3-6,8,13H2,1-2H3. The second-order valence-corrected chi connectivity index (χ2v) is 6.95. The molecule has 0 amide bonds. The van der Waals surface area contributed by atoms with Gasteiger partial charge in [0, 0.05) is 29.1 Å². The van der Waals surface area contributed by atoms with Crippen molar-refractivity contribution in [2.45, 2.75) is 31.2 Å². The Morgan fingerprint density at radius 3 is 3.05 bits per heavy atom. The van der Waals surface area contributed by atoms with Crippen LogP contribution in [0, 0.1) is 0 Å². The summed E-state index contributed by atoms with van der Waals surface area (Å²) < 4.78 is 7.47. The normalized spacial score (nSPS) is 21.3. The molecule has 7 heteroatoms. The molecule has 19 heavy (non-hydrogen) atoms. The van der Waals surface area contributed by atoms with Crippen LogP contribution in [-0.2, 0) is 6.54 Å². The van der Waals surface area contributed by atoms with E-state index in [9.17, 15) is 0 Å². The van der Waals surface area contributed by atoms with Crippen LogP contribution in [0.1, 0.15) is 25.1 Å². The van der Waals surface area contributed by atoms with E-state index in [2.05, 4.69) is 17.4 Å². The van der Waals surface area contributed by atoms with Gasteiger partial charge >= 0.3 is 0 Å². The molecule has 1 aromatic rings. The quantitative estimate of drug-likeness (QED) is 0.615. The smallest absolute Gasteiger partial charge is 0.161 e. The average molecular weight is 302 g/mol. The van der Waals surface area contributed by atoms with Crippen LogP contribution in [0.2, 0.25) is 0 Å². The third kappa shape index (κ3) is 3.39. The van der Waals surface area contributed by atoms with E-state index in [0.717, 1.165) is 30.2 Å². The third-order valence-corrected chi connectivity index (χ3v) is 6.05. The van der Waals surface area contributed by atoms with E-state index in [1.807, 2.05) is 28.2 Å². The number of nitrogens with one attached hydrogen (secondary N) is 1. The van der Waals surface area contributed by atoms with Crippen molar-refractivity contribution in [1.82, 2.24) is 15.2 Å². The molecule has 2 heterocycles. The van der Waals surface area contributed by atoms with Gasteiger partial charge in [0.05, 0.1) is 25.0 Å². The fourth-order valence-corrected chi connectivity index (χ4v) is 5.12. The van der Waals surface area contributed by atoms with E-state index in [-0.39, 0.29) is 6.04 Å². The predicted octanol–water partition coefficient (Wildman–Crippen LogP) is 1.65. The van der Waals surface area contributed by atoms with E-state index >= 15 is 0 Å². The molecule has 5 nitrogen and oxygen atoms in total. The number of methoxy groups -OCH3 is 1. The maximum Gasteiger partial charge on any atom is 0.161 e. The minimum absolute atomic E-state index is 0.0850. The minimum atomic E-state index is 0.0850. The molecule has 0 aliphatic carbocycles. The van der Waals surface area contributed by atoms with Crippen molar-refractivity contribution < 1.29 is 4.74 Å². The lowest BCUT2D eigenvalue weighted by Gasteiger charge is -2.29. The maximum absolute atomic E-state index is 5.81. The van der Waals surface area contributed by atoms with Gasteiger partial charge in [0.2, 0.25) is 0 Å². The van der Waals surface area contributed by atoms with E-state index in [1.54, 1.807) is 13.3 Å². The second-order valence-electron chi connectivity index (χ2n) is 4.45. The van der Waals surface area contributed by atoms with Crippen LogP contribution in [0.5, 0.6) is 5.75 Å². The van der Waals surface area contributed by atoms with E-state index in [4.69, 9.17) is 10.6 Å². The molecule has 0 radical (unpaired) electrons. The number of hydrazine groups is 1. The van der Waals surface area contributed by atoms with Crippen LogP contribution in [0.3, 0.4) is 0 Å². The molecule has 1 aliphatic heterocycles. The molecular weight excluding hydrogens is 280 g/mol. The zero-order valence-corrected chi connectivity index (χ0v) is 13.1. The summed E-state index contributed by atoms with van der Waals surface area (Å²) in [5.41, 5.74) is 4.05. The molecule has 108 valence electrons. The summed E-state index contributed by atoms with van der Waals surface area (Å²) >= 11 is 3.97. The number of nitrogens with two attached hydrogens (primary N) is 1. The molecule has 1 aromatic heterocycles. The first-order chi connectivity index (χ1) is 9.31. The van der Waals surface area contributed by atoms with E-state index < -0.39 is 0 Å². The van der Waals surface area contributed by atoms with E-state index in [0.29, 0.717) is 5.25 Å². The predicted molar refractivity (Wildman–Crippen MR) is 82.7 cm³/mol. The molecule has 0 aromatic carbocycles. The first kappa shape index (κ1) is 15.0. The van der Waals surface area contributed by atoms with Crippen molar-refractivity contribution in [3.8, 4) is 5.75 Å². The van der Waals surface area contributed by atoms with E-state index in [1.165, 1.54) is 11.5 Å². The van der Waals surface area contributed by atoms with Crippen LogP contribution in [-0.4, -0.2) is 39.4 Å². The Kier molecular flexibility index (Phi) is 5.87. The molecule has 0 bridgehead atoms. The van der Waals surface area contributed by atoms with Gasteiger partial charge in [0.15, 0.2) is 5.75 Å². The van der Waals surface area contributed by atoms with Gasteiger partial charge < -0.3 is 4.74 Å². The topological polar surface area (TPSA) is 65.1 Å². The van der Waals surface area contributed by atoms with Crippen LogP contribution >= 0.6 is 23.5 Å². The van der Waals surface area contributed by atoms with Crippen LogP contribution in [0.25, 0.3) is 0 Å². The molecule has 2 unspecified atom stereocenters. The monoisotopic (exact) mass is 302 g/mol. The molecule has 3 N–H and O–H groups in total. The molecule has 0 saturated carbocycles. The number of hydrogen-bond acceptors (Lipinski definition) is 6. The van der Waals surface area contributed by atoms with Crippen molar-refractivity contribution in [3.63, 3.8) is 0 Å². The largest absolute Gasteiger partial charge is 0.493 e. The number of nitrogens with zero attached hydrogens (tertiary/aromatic N) is 2. The number of rotatable bonds is 6. The van der Waals surface area contributed by atoms with Crippen molar-refractivity contribution in [2.24, 2.45) is 5.84 Å². The first-order valence-corrected chi connectivity index (χ1v) is 8.77. The summed E-state index contributed by atoms with van der Waals surface area (Å²) in [6.07, 6.45) is 2.83. The summed E-state index contributed by atoms with van der Waals surface area (Å²) in [6.45, 7) is 3.04. The van der Waals surface area contributed by atoms with Crippen molar-refractivity contribution in [2.75, 3.05) is 24.4 Å². The van der Waals surface area contributed by atoms with Gasteiger partial charge in [-0.3, -0.25) is 16.0 Å².